The standard InChI is InChI=1S/C19H19ClN4S/c20-18-5-4-14(25-18)6-8-24-9-7-22-17(12-24)16-3-1-2-15-13(10-21)11-23-19(15)16/h1-5,11,17,22-23H,6-9,12H2. The molecule has 0 radical (unpaired) electrons. The molecule has 1 aliphatic heterocycles. The zero-order chi connectivity index (χ0) is 17.2. The quantitative estimate of drug-likeness (QED) is 0.731. The number of aromatic nitrogens is 1. The number of fused-ring (bicyclic) bond motifs is 1. The molecule has 0 aliphatic carbocycles. The van der Waals surface area contributed by atoms with Gasteiger partial charge in [0.25, 0.3) is 0 Å². The van der Waals surface area contributed by atoms with E-state index in [-0.39, 0.29) is 6.04 Å². The normalized spacial score (nSPS) is 18.5. The summed E-state index contributed by atoms with van der Waals surface area (Å²) in [5.74, 6) is 0. The van der Waals surface area contributed by atoms with Crippen molar-refractivity contribution in [2.45, 2.75) is 12.5 Å². The van der Waals surface area contributed by atoms with E-state index in [1.807, 2.05) is 18.2 Å². The van der Waals surface area contributed by atoms with Gasteiger partial charge in [0.2, 0.25) is 0 Å². The van der Waals surface area contributed by atoms with Crippen LogP contribution in [0.1, 0.15) is 22.0 Å². The average Bonchev–Trinajstić information content (AvgIpc) is 3.25. The zero-order valence-corrected chi connectivity index (χ0v) is 15.3. The molecule has 1 unspecified atom stereocenters. The summed E-state index contributed by atoms with van der Waals surface area (Å²) in [7, 11) is 0. The van der Waals surface area contributed by atoms with Gasteiger partial charge in [-0.25, -0.2) is 0 Å². The first-order valence-electron chi connectivity index (χ1n) is 8.44. The maximum absolute atomic E-state index is 9.25. The second-order valence-corrected chi connectivity index (χ2v) is 8.15. The molecule has 1 saturated heterocycles. The second kappa shape index (κ2) is 7.19. The third-order valence-electron chi connectivity index (χ3n) is 4.81. The van der Waals surface area contributed by atoms with Crippen molar-refractivity contribution in [1.29, 1.82) is 5.26 Å². The Morgan fingerprint density at radius 2 is 2.24 bits per heavy atom. The van der Waals surface area contributed by atoms with Crippen LogP contribution < -0.4 is 5.32 Å². The third-order valence-corrected chi connectivity index (χ3v) is 6.10. The molecule has 0 amide bonds. The smallest absolute Gasteiger partial charge is 0.101 e. The molecule has 3 heterocycles. The van der Waals surface area contributed by atoms with Gasteiger partial charge in [0.15, 0.2) is 0 Å². The maximum Gasteiger partial charge on any atom is 0.101 e. The Kier molecular flexibility index (Phi) is 4.78. The van der Waals surface area contributed by atoms with E-state index in [2.05, 4.69) is 33.4 Å². The number of thiophene rings is 1. The Morgan fingerprint density at radius 3 is 3.04 bits per heavy atom. The van der Waals surface area contributed by atoms with Crippen LogP contribution in [-0.2, 0) is 6.42 Å². The molecule has 0 saturated carbocycles. The molecule has 1 aromatic carbocycles. The Hall–Kier alpha value is -1.84. The van der Waals surface area contributed by atoms with E-state index in [0.29, 0.717) is 5.56 Å². The molecule has 6 heteroatoms. The minimum absolute atomic E-state index is 0.273. The van der Waals surface area contributed by atoms with Crippen LogP contribution in [0, 0.1) is 11.3 Å². The molecular formula is C19H19ClN4S. The minimum atomic E-state index is 0.273. The fourth-order valence-electron chi connectivity index (χ4n) is 3.54. The van der Waals surface area contributed by atoms with Gasteiger partial charge in [-0.3, -0.25) is 4.90 Å². The summed E-state index contributed by atoms with van der Waals surface area (Å²) in [5, 5.41) is 13.9. The molecule has 4 nitrogen and oxygen atoms in total. The van der Waals surface area contributed by atoms with Gasteiger partial charge in [0.05, 0.1) is 15.4 Å². The molecule has 2 aromatic heterocycles. The summed E-state index contributed by atoms with van der Waals surface area (Å²) in [6.45, 7) is 4.04. The van der Waals surface area contributed by atoms with Crippen molar-refractivity contribution in [3.63, 3.8) is 0 Å². The topological polar surface area (TPSA) is 54.9 Å². The highest BCUT2D eigenvalue weighted by molar-refractivity contribution is 7.16. The first kappa shape index (κ1) is 16.6. The lowest BCUT2D eigenvalue weighted by Crippen LogP contribution is -2.46. The summed E-state index contributed by atoms with van der Waals surface area (Å²) in [4.78, 5) is 7.13. The van der Waals surface area contributed by atoms with Crippen LogP contribution in [0.25, 0.3) is 10.9 Å². The number of aromatic amines is 1. The van der Waals surface area contributed by atoms with Crippen LogP contribution in [0.5, 0.6) is 0 Å². The van der Waals surface area contributed by atoms with E-state index in [9.17, 15) is 5.26 Å². The minimum Gasteiger partial charge on any atom is -0.360 e. The Morgan fingerprint density at radius 1 is 1.32 bits per heavy atom. The zero-order valence-electron chi connectivity index (χ0n) is 13.8. The van der Waals surface area contributed by atoms with Gasteiger partial charge in [-0.1, -0.05) is 29.8 Å². The number of halogens is 1. The predicted molar refractivity (Wildman–Crippen MR) is 103 cm³/mol. The lowest BCUT2D eigenvalue weighted by Gasteiger charge is -2.34. The number of nitrogens with zero attached hydrogens (tertiary/aromatic N) is 2. The molecule has 0 spiro atoms. The summed E-state index contributed by atoms with van der Waals surface area (Å²) in [6, 6.07) is 12.8. The fraction of sp³-hybridized carbons (Fsp3) is 0.316. The highest BCUT2D eigenvalue weighted by Crippen LogP contribution is 2.28. The van der Waals surface area contributed by atoms with Gasteiger partial charge in [-0.2, -0.15) is 5.26 Å². The number of benzene rings is 1. The van der Waals surface area contributed by atoms with Crippen LogP contribution >= 0.6 is 22.9 Å². The number of H-pyrrole nitrogens is 1. The van der Waals surface area contributed by atoms with E-state index in [1.54, 1.807) is 17.5 Å². The van der Waals surface area contributed by atoms with Gasteiger partial charge in [-0.15, -0.1) is 11.3 Å². The Balaban J connectivity index is 1.49. The van der Waals surface area contributed by atoms with E-state index >= 15 is 0 Å². The maximum atomic E-state index is 9.25. The molecule has 25 heavy (non-hydrogen) atoms. The van der Waals surface area contributed by atoms with Crippen molar-refractivity contribution in [3.8, 4) is 6.07 Å². The molecular weight excluding hydrogens is 352 g/mol. The number of nitriles is 1. The van der Waals surface area contributed by atoms with Crippen molar-refractivity contribution in [1.82, 2.24) is 15.2 Å². The van der Waals surface area contributed by atoms with E-state index < -0.39 is 0 Å². The molecule has 4 rings (SSSR count). The SMILES string of the molecule is N#Cc1c[nH]c2c(C3CN(CCc4ccc(Cl)s4)CCN3)cccc12. The molecule has 2 N–H and O–H groups in total. The molecule has 1 atom stereocenters. The van der Waals surface area contributed by atoms with E-state index in [0.717, 1.165) is 47.8 Å². The molecule has 1 aliphatic rings. The van der Waals surface area contributed by atoms with Crippen LogP contribution in [0.3, 0.4) is 0 Å². The second-order valence-electron chi connectivity index (χ2n) is 6.35. The Bertz CT molecular complexity index is 923. The van der Waals surface area contributed by atoms with Crippen LogP contribution in [0.15, 0.2) is 36.5 Å². The molecule has 1 fully saturated rings. The van der Waals surface area contributed by atoms with E-state index in [1.165, 1.54) is 10.4 Å². The van der Waals surface area contributed by atoms with Gasteiger partial charge < -0.3 is 10.3 Å². The van der Waals surface area contributed by atoms with Gasteiger partial charge in [0.1, 0.15) is 6.07 Å². The largest absolute Gasteiger partial charge is 0.360 e. The number of hydrogen-bond donors (Lipinski definition) is 2. The lowest BCUT2D eigenvalue weighted by atomic mass is 10.0. The van der Waals surface area contributed by atoms with Crippen molar-refractivity contribution < 1.29 is 0 Å². The third kappa shape index (κ3) is 3.44. The highest BCUT2D eigenvalue weighted by atomic mass is 35.5. The Labute approximate surface area is 156 Å². The number of piperazine rings is 1. The summed E-state index contributed by atoms with van der Waals surface area (Å²) in [5.41, 5.74) is 3.02. The van der Waals surface area contributed by atoms with Crippen molar-refractivity contribution in [3.05, 3.63) is 56.9 Å². The molecule has 0 bridgehead atoms. The highest BCUT2D eigenvalue weighted by Gasteiger charge is 2.23. The van der Waals surface area contributed by atoms with Crippen LogP contribution in [0.4, 0.5) is 0 Å². The van der Waals surface area contributed by atoms with Crippen molar-refractivity contribution in [2.24, 2.45) is 0 Å². The summed E-state index contributed by atoms with van der Waals surface area (Å²) >= 11 is 7.69. The monoisotopic (exact) mass is 370 g/mol. The fourth-order valence-corrected chi connectivity index (χ4v) is 4.61. The van der Waals surface area contributed by atoms with Crippen LogP contribution in [0.2, 0.25) is 4.34 Å². The van der Waals surface area contributed by atoms with Crippen molar-refractivity contribution in [2.75, 3.05) is 26.2 Å². The average molecular weight is 371 g/mol. The van der Waals surface area contributed by atoms with Gasteiger partial charge in [0, 0.05) is 48.7 Å². The first-order chi connectivity index (χ1) is 12.2. The number of nitrogens with one attached hydrogen (secondary N) is 2. The molecule has 128 valence electrons. The number of hydrogen-bond acceptors (Lipinski definition) is 4. The van der Waals surface area contributed by atoms with Crippen molar-refractivity contribution >= 4 is 33.8 Å². The van der Waals surface area contributed by atoms with Gasteiger partial charge in [-0.05, 0) is 24.1 Å². The van der Waals surface area contributed by atoms with E-state index in [4.69, 9.17) is 11.6 Å². The summed E-state index contributed by atoms with van der Waals surface area (Å²) < 4.78 is 0.861. The van der Waals surface area contributed by atoms with Crippen LogP contribution in [-0.4, -0.2) is 36.1 Å². The predicted octanol–water partition coefficient (Wildman–Crippen LogP) is 3.94. The summed E-state index contributed by atoms with van der Waals surface area (Å²) in [6.07, 6.45) is 2.84. The lowest BCUT2D eigenvalue weighted by molar-refractivity contribution is 0.204. The van der Waals surface area contributed by atoms with Gasteiger partial charge >= 0.3 is 0 Å². The number of para-hydroxylation sites is 1. The number of rotatable bonds is 4. The molecule has 3 aromatic rings. The first-order valence-corrected chi connectivity index (χ1v) is 9.64.